The fraction of sp³-hybridized carbons (Fsp3) is 0.115. The number of sulfonamides is 1. The molecule has 1 amide bonds. The quantitative estimate of drug-likeness (QED) is 0.243. The number of nitrogens with one attached hydrogen (secondary N) is 1. The Hall–Kier alpha value is -3.47. The SMILES string of the molecule is Cc1cccc(NC(=O)CSc2ncc3c(n2)-c2cc(Cl)ccc2N(Cc2ccccc2F)S3(=O)=O)c1. The molecule has 4 aromatic rings. The zero-order chi connectivity index (χ0) is 26.2. The largest absolute Gasteiger partial charge is 0.325 e. The van der Waals surface area contributed by atoms with Crippen LogP contribution in [0, 0.1) is 12.7 Å². The van der Waals surface area contributed by atoms with Crippen molar-refractivity contribution < 1.29 is 17.6 Å². The summed E-state index contributed by atoms with van der Waals surface area (Å²) >= 11 is 7.33. The molecular formula is C26H20ClFN4O3S2. The van der Waals surface area contributed by atoms with Crippen molar-refractivity contribution in [1.29, 1.82) is 0 Å². The molecule has 0 radical (unpaired) electrons. The second-order valence-corrected chi connectivity index (χ2v) is 11.5. The number of benzene rings is 3. The molecule has 3 aromatic carbocycles. The molecule has 5 rings (SSSR count). The number of thioether (sulfide) groups is 1. The van der Waals surface area contributed by atoms with E-state index in [1.165, 1.54) is 18.3 Å². The molecule has 0 atom stereocenters. The predicted molar refractivity (Wildman–Crippen MR) is 143 cm³/mol. The minimum absolute atomic E-state index is 0.0291. The van der Waals surface area contributed by atoms with E-state index in [0.717, 1.165) is 21.6 Å². The van der Waals surface area contributed by atoms with E-state index in [2.05, 4.69) is 15.3 Å². The summed E-state index contributed by atoms with van der Waals surface area (Å²) in [6.07, 6.45) is 1.22. The van der Waals surface area contributed by atoms with Crippen LogP contribution < -0.4 is 9.62 Å². The number of nitrogens with zero attached hydrogens (tertiary/aromatic N) is 3. The number of amides is 1. The highest BCUT2D eigenvalue weighted by Crippen LogP contribution is 2.44. The van der Waals surface area contributed by atoms with Gasteiger partial charge in [-0.25, -0.2) is 22.8 Å². The van der Waals surface area contributed by atoms with Gasteiger partial charge in [0.15, 0.2) is 5.16 Å². The van der Waals surface area contributed by atoms with Crippen molar-refractivity contribution in [1.82, 2.24) is 9.97 Å². The fourth-order valence-electron chi connectivity index (χ4n) is 3.97. The lowest BCUT2D eigenvalue weighted by Crippen LogP contribution is -2.34. The molecule has 11 heteroatoms. The van der Waals surface area contributed by atoms with Gasteiger partial charge >= 0.3 is 0 Å². The van der Waals surface area contributed by atoms with Gasteiger partial charge in [0, 0.05) is 21.8 Å². The number of fused-ring (bicyclic) bond motifs is 3. The third-order valence-corrected chi connectivity index (χ3v) is 8.55. The van der Waals surface area contributed by atoms with Crippen LogP contribution >= 0.6 is 23.4 Å². The first-order valence-corrected chi connectivity index (χ1v) is 13.9. The molecule has 0 aliphatic carbocycles. The van der Waals surface area contributed by atoms with E-state index in [-0.39, 0.29) is 39.5 Å². The molecule has 1 aliphatic rings. The molecule has 0 fully saturated rings. The van der Waals surface area contributed by atoms with Crippen molar-refractivity contribution in [2.24, 2.45) is 0 Å². The lowest BCUT2D eigenvalue weighted by atomic mass is 10.1. The van der Waals surface area contributed by atoms with Crippen LogP contribution in [0.2, 0.25) is 5.02 Å². The first kappa shape index (κ1) is 25.2. The fourth-order valence-corrected chi connectivity index (χ4v) is 6.31. The standard InChI is InChI=1S/C26H20ClFN4O3S2/c1-16-5-4-7-19(11-16)30-24(33)15-36-26-29-13-23-25(31-26)20-12-18(27)9-10-22(20)32(37(23,34)35)14-17-6-2-3-8-21(17)28/h2-13H,14-15H2,1H3,(H,30,33). The molecule has 1 N–H and O–H groups in total. The smallest absolute Gasteiger partial charge is 0.268 e. The first-order chi connectivity index (χ1) is 17.7. The molecule has 0 saturated carbocycles. The van der Waals surface area contributed by atoms with Crippen LogP contribution in [0.15, 0.2) is 83.0 Å². The summed E-state index contributed by atoms with van der Waals surface area (Å²) in [6.45, 7) is 1.72. The number of halogens is 2. The van der Waals surface area contributed by atoms with Crippen molar-refractivity contribution in [3.05, 3.63) is 94.9 Å². The summed E-state index contributed by atoms with van der Waals surface area (Å²) in [5.41, 5.74) is 2.91. The summed E-state index contributed by atoms with van der Waals surface area (Å²) < 4.78 is 42.7. The maximum absolute atomic E-state index is 14.4. The Morgan fingerprint density at radius 2 is 1.92 bits per heavy atom. The lowest BCUT2D eigenvalue weighted by Gasteiger charge is -2.31. The molecule has 0 spiro atoms. The Morgan fingerprint density at radius 1 is 1.11 bits per heavy atom. The molecule has 0 unspecified atom stereocenters. The number of carbonyl (C=O) groups is 1. The van der Waals surface area contributed by atoms with Crippen LogP contribution in [0.25, 0.3) is 11.3 Å². The van der Waals surface area contributed by atoms with Crippen molar-refractivity contribution in [2.75, 3.05) is 15.4 Å². The van der Waals surface area contributed by atoms with E-state index >= 15 is 0 Å². The molecule has 1 aromatic heterocycles. The van der Waals surface area contributed by atoms with Gasteiger partial charge in [0.25, 0.3) is 10.0 Å². The Balaban J connectivity index is 1.45. The second-order valence-electron chi connectivity index (χ2n) is 8.34. The van der Waals surface area contributed by atoms with Gasteiger partial charge in [0.1, 0.15) is 10.7 Å². The van der Waals surface area contributed by atoms with Crippen LogP contribution in [0.1, 0.15) is 11.1 Å². The molecule has 2 heterocycles. The van der Waals surface area contributed by atoms with Crippen LogP contribution in [0.4, 0.5) is 15.8 Å². The highest BCUT2D eigenvalue weighted by Gasteiger charge is 2.37. The van der Waals surface area contributed by atoms with Gasteiger partial charge in [-0.15, -0.1) is 0 Å². The third kappa shape index (κ3) is 5.18. The van der Waals surface area contributed by atoms with E-state index in [4.69, 9.17) is 11.6 Å². The zero-order valence-corrected chi connectivity index (χ0v) is 21.9. The molecule has 188 valence electrons. The summed E-state index contributed by atoms with van der Waals surface area (Å²) in [7, 11) is -4.11. The minimum Gasteiger partial charge on any atom is -0.325 e. The molecular weight excluding hydrogens is 535 g/mol. The maximum Gasteiger partial charge on any atom is 0.268 e. The average Bonchev–Trinajstić information content (AvgIpc) is 2.86. The second kappa shape index (κ2) is 10.1. The number of rotatable bonds is 6. The number of hydrogen-bond donors (Lipinski definition) is 1. The number of aromatic nitrogens is 2. The molecule has 1 aliphatic heterocycles. The van der Waals surface area contributed by atoms with E-state index < -0.39 is 15.8 Å². The van der Waals surface area contributed by atoms with Crippen molar-refractivity contribution >= 4 is 50.7 Å². The normalized spacial score (nSPS) is 13.5. The van der Waals surface area contributed by atoms with Gasteiger partial charge in [-0.1, -0.05) is 53.7 Å². The van der Waals surface area contributed by atoms with Crippen LogP contribution in [0.5, 0.6) is 0 Å². The first-order valence-electron chi connectivity index (χ1n) is 11.1. The summed E-state index contributed by atoms with van der Waals surface area (Å²) in [4.78, 5) is 21.0. The Bertz CT molecular complexity index is 1630. The monoisotopic (exact) mass is 554 g/mol. The highest BCUT2D eigenvalue weighted by molar-refractivity contribution is 7.99. The molecule has 37 heavy (non-hydrogen) atoms. The van der Waals surface area contributed by atoms with Gasteiger partial charge < -0.3 is 5.32 Å². The van der Waals surface area contributed by atoms with Crippen molar-refractivity contribution in [2.45, 2.75) is 23.5 Å². The zero-order valence-electron chi connectivity index (χ0n) is 19.5. The van der Waals surface area contributed by atoms with Gasteiger partial charge in [0.2, 0.25) is 5.91 Å². The van der Waals surface area contributed by atoms with Crippen molar-refractivity contribution in [3.63, 3.8) is 0 Å². The van der Waals surface area contributed by atoms with Gasteiger partial charge in [-0.05, 0) is 48.9 Å². The molecule has 0 bridgehead atoms. The highest BCUT2D eigenvalue weighted by atomic mass is 35.5. The Morgan fingerprint density at radius 3 is 2.70 bits per heavy atom. The molecule has 7 nitrogen and oxygen atoms in total. The van der Waals surface area contributed by atoms with Gasteiger partial charge in [-0.2, -0.15) is 0 Å². The van der Waals surface area contributed by atoms with Crippen LogP contribution in [-0.4, -0.2) is 30.0 Å². The van der Waals surface area contributed by atoms with E-state index in [9.17, 15) is 17.6 Å². The molecule has 0 saturated heterocycles. The topological polar surface area (TPSA) is 92.3 Å². The summed E-state index contributed by atoms with van der Waals surface area (Å²) in [6, 6.07) is 18.2. The van der Waals surface area contributed by atoms with E-state index in [1.807, 2.05) is 25.1 Å². The number of anilines is 2. The summed E-state index contributed by atoms with van der Waals surface area (Å²) in [5.74, 6) is -0.726. The number of hydrogen-bond acceptors (Lipinski definition) is 6. The Labute approximate surface area is 222 Å². The lowest BCUT2D eigenvalue weighted by molar-refractivity contribution is -0.113. The maximum atomic E-state index is 14.4. The number of carbonyl (C=O) groups excluding carboxylic acids is 1. The van der Waals surface area contributed by atoms with Crippen LogP contribution in [-0.2, 0) is 21.4 Å². The van der Waals surface area contributed by atoms with E-state index in [0.29, 0.717) is 22.0 Å². The van der Waals surface area contributed by atoms with Gasteiger partial charge in [0.05, 0.1) is 29.9 Å². The average molecular weight is 555 g/mol. The van der Waals surface area contributed by atoms with E-state index in [1.54, 1.807) is 36.4 Å². The minimum atomic E-state index is -4.11. The third-order valence-electron chi connectivity index (χ3n) is 5.69. The van der Waals surface area contributed by atoms with Gasteiger partial charge in [-0.3, -0.25) is 9.10 Å². The van der Waals surface area contributed by atoms with Crippen LogP contribution in [0.3, 0.4) is 0 Å². The number of aryl methyl sites for hydroxylation is 1. The summed E-state index contributed by atoms with van der Waals surface area (Å²) in [5, 5.41) is 3.45. The Kier molecular flexibility index (Phi) is 6.89. The predicted octanol–water partition coefficient (Wildman–Crippen LogP) is 5.68. The van der Waals surface area contributed by atoms with Crippen molar-refractivity contribution in [3.8, 4) is 11.3 Å².